The highest BCUT2D eigenvalue weighted by atomic mass is 35.5. The van der Waals surface area contributed by atoms with Crippen molar-refractivity contribution in [2.45, 2.75) is 19.4 Å². The van der Waals surface area contributed by atoms with Gasteiger partial charge in [-0.25, -0.2) is 0 Å². The van der Waals surface area contributed by atoms with Gasteiger partial charge >= 0.3 is 0 Å². The van der Waals surface area contributed by atoms with Crippen LogP contribution in [0, 0.1) is 0 Å². The minimum absolute atomic E-state index is 0.0400. The van der Waals surface area contributed by atoms with Gasteiger partial charge in [0.2, 0.25) is 0 Å². The van der Waals surface area contributed by atoms with E-state index < -0.39 is 0 Å². The Morgan fingerprint density at radius 3 is 2.70 bits per heavy atom. The summed E-state index contributed by atoms with van der Waals surface area (Å²) in [5.74, 6) is -0.0400. The number of nitrogens with zero attached hydrogens (tertiary/aromatic N) is 2. The van der Waals surface area contributed by atoms with Crippen LogP contribution in [0.2, 0.25) is 10.0 Å². The number of likely N-dealkylation sites (N-methyl/N-ethyl adjacent to an activating group) is 1. The number of halogens is 2. The van der Waals surface area contributed by atoms with Crippen LogP contribution in [-0.4, -0.2) is 48.4 Å². The molecule has 1 heterocycles. The topological polar surface area (TPSA) is 49.6 Å². The summed E-state index contributed by atoms with van der Waals surface area (Å²) >= 11 is 11.9. The summed E-state index contributed by atoms with van der Waals surface area (Å²) < 4.78 is 0. The molecule has 20 heavy (non-hydrogen) atoms. The van der Waals surface area contributed by atoms with Gasteiger partial charge < -0.3 is 10.6 Å². The largest absolute Gasteiger partial charge is 0.397 e. The van der Waals surface area contributed by atoms with Crippen molar-refractivity contribution in [2.75, 3.05) is 32.4 Å². The first-order valence-corrected chi connectivity index (χ1v) is 7.43. The fourth-order valence-corrected chi connectivity index (χ4v) is 2.82. The molecule has 1 aliphatic heterocycles. The van der Waals surface area contributed by atoms with Gasteiger partial charge in [0.1, 0.15) is 0 Å². The Balaban J connectivity index is 2.19. The van der Waals surface area contributed by atoms with Crippen LogP contribution in [0.5, 0.6) is 0 Å². The number of nitrogens with two attached hydrogens (primary N) is 1. The van der Waals surface area contributed by atoms with E-state index in [1.165, 1.54) is 0 Å². The summed E-state index contributed by atoms with van der Waals surface area (Å²) in [7, 11) is 2.09. The number of rotatable bonds is 2. The Morgan fingerprint density at radius 1 is 1.40 bits per heavy atom. The Labute approximate surface area is 129 Å². The Bertz CT molecular complexity index is 498. The molecule has 6 heteroatoms. The second kappa shape index (κ2) is 6.20. The summed E-state index contributed by atoms with van der Waals surface area (Å²) in [5, 5.41) is 0.615. The number of amides is 1. The first-order chi connectivity index (χ1) is 9.43. The van der Waals surface area contributed by atoms with Crippen LogP contribution >= 0.6 is 23.2 Å². The molecule has 0 aromatic heterocycles. The predicted octanol–water partition coefficient (Wildman–Crippen LogP) is 2.74. The van der Waals surface area contributed by atoms with E-state index in [4.69, 9.17) is 28.9 Å². The summed E-state index contributed by atoms with van der Waals surface area (Å²) in [6, 6.07) is 3.57. The van der Waals surface area contributed by atoms with Crippen LogP contribution in [0.1, 0.15) is 23.7 Å². The van der Waals surface area contributed by atoms with Crippen LogP contribution in [-0.2, 0) is 0 Å². The second-order valence-corrected chi connectivity index (χ2v) is 5.94. The molecule has 0 aliphatic carbocycles. The predicted molar refractivity (Wildman–Crippen MR) is 83.5 cm³/mol. The molecule has 0 saturated carbocycles. The van der Waals surface area contributed by atoms with Crippen LogP contribution in [0.25, 0.3) is 0 Å². The van der Waals surface area contributed by atoms with Crippen LogP contribution in [0.4, 0.5) is 5.69 Å². The van der Waals surface area contributed by atoms with Gasteiger partial charge in [0.15, 0.2) is 0 Å². The average Bonchev–Trinajstić information content (AvgIpc) is 2.44. The molecule has 0 bridgehead atoms. The molecular formula is C14H19Cl2N3O. The third-order valence-corrected chi connectivity index (χ3v) is 4.66. The molecule has 0 radical (unpaired) electrons. The number of hydrogen-bond acceptors (Lipinski definition) is 3. The van der Waals surface area contributed by atoms with E-state index in [0.717, 1.165) is 19.5 Å². The van der Waals surface area contributed by atoms with Gasteiger partial charge in [-0.15, -0.1) is 0 Å². The van der Waals surface area contributed by atoms with Gasteiger partial charge in [-0.05, 0) is 25.6 Å². The highest BCUT2D eigenvalue weighted by molar-refractivity contribution is 6.43. The van der Waals surface area contributed by atoms with Crippen molar-refractivity contribution in [1.29, 1.82) is 0 Å². The van der Waals surface area contributed by atoms with Gasteiger partial charge in [-0.2, -0.15) is 0 Å². The standard InChI is InChI=1S/C14H19Cl2N3O/c1-3-10-8-19(5-4-18(10)2)14(20)9-6-11(15)13(16)12(17)7-9/h6-7,10H,3-5,8,17H2,1-2H3. The van der Waals surface area contributed by atoms with Crippen LogP contribution in [0.15, 0.2) is 12.1 Å². The van der Waals surface area contributed by atoms with Crippen LogP contribution in [0.3, 0.4) is 0 Å². The molecule has 4 nitrogen and oxygen atoms in total. The first kappa shape index (κ1) is 15.4. The second-order valence-electron chi connectivity index (χ2n) is 5.16. The number of hydrogen-bond donors (Lipinski definition) is 1. The molecule has 0 spiro atoms. The van der Waals surface area contributed by atoms with E-state index in [0.29, 0.717) is 33.9 Å². The van der Waals surface area contributed by atoms with Crippen molar-refractivity contribution in [1.82, 2.24) is 9.80 Å². The number of carbonyl (C=O) groups is 1. The molecule has 1 fully saturated rings. The number of anilines is 1. The van der Waals surface area contributed by atoms with E-state index in [1.54, 1.807) is 12.1 Å². The lowest BCUT2D eigenvalue weighted by Gasteiger charge is -2.39. The van der Waals surface area contributed by atoms with Crippen LogP contribution < -0.4 is 5.73 Å². The third-order valence-electron chi connectivity index (χ3n) is 3.84. The smallest absolute Gasteiger partial charge is 0.254 e. The maximum Gasteiger partial charge on any atom is 0.254 e. The van der Waals surface area contributed by atoms with Crippen molar-refractivity contribution in [3.05, 3.63) is 27.7 Å². The Kier molecular flexibility index (Phi) is 4.78. The molecule has 2 N–H and O–H groups in total. The van der Waals surface area contributed by atoms with Crippen molar-refractivity contribution in [2.24, 2.45) is 0 Å². The SMILES string of the molecule is CCC1CN(C(=O)c2cc(N)c(Cl)c(Cl)c2)CCN1C. The fraction of sp³-hybridized carbons (Fsp3) is 0.500. The van der Waals surface area contributed by atoms with E-state index in [-0.39, 0.29) is 5.91 Å². The zero-order valence-corrected chi connectivity index (χ0v) is 13.2. The lowest BCUT2D eigenvalue weighted by Crippen LogP contribution is -2.52. The molecule has 1 unspecified atom stereocenters. The molecule has 1 aliphatic rings. The minimum Gasteiger partial charge on any atom is -0.397 e. The van der Waals surface area contributed by atoms with Crippen molar-refractivity contribution >= 4 is 34.8 Å². The molecular weight excluding hydrogens is 297 g/mol. The molecule has 1 saturated heterocycles. The van der Waals surface area contributed by atoms with Crippen molar-refractivity contribution in [3.8, 4) is 0 Å². The summed E-state index contributed by atoms with van der Waals surface area (Å²) in [4.78, 5) is 16.7. The third kappa shape index (κ3) is 3.03. The van der Waals surface area contributed by atoms with Gasteiger partial charge in [-0.3, -0.25) is 9.69 Å². The quantitative estimate of drug-likeness (QED) is 0.854. The Hall–Kier alpha value is -0.970. The van der Waals surface area contributed by atoms with Crippen molar-refractivity contribution in [3.63, 3.8) is 0 Å². The van der Waals surface area contributed by atoms with Gasteiger partial charge in [-0.1, -0.05) is 30.1 Å². The van der Waals surface area contributed by atoms with E-state index in [2.05, 4.69) is 18.9 Å². The molecule has 1 atom stereocenters. The molecule has 110 valence electrons. The molecule has 1 amide bonds. The number of carbonyl (C=O) groups excluding carboxylic acids is 1. The lowest BCUT2D eigenvalue weighted by atomic mass is 10.1. The van der Waals surface area contributed by atoms with Gasteiger partial charge in [0, 0.05) is 31.2 Å². The summed E-state index contributed by atoms with van der Waals surface area (Å²) in [5.41, 5.74) is 6.60. The average molecular weight is 316 g/mol. The highest BCUT2D eigenvalue weighted by Crippen LogP contribution is 2.30. The lowest BCUT2D eigenvalue weighted by molar-refractivity contribution is 0.0542. The number of benzene rings is 1. The van der Waals surface area contributed by atoms with E-state index in [9.17, 15) is 4.79 Å². The fourth-order valence-electron chi connectivity index (χ4n) is 2.49. The van der Waals surface area contributed by atoms with E-state index >= 15 is 0 Å². The van der Waals surface area contributed by atoms with E-state index in [1.807, 2.05) is 4.90 Å². The maximum absolute atomic E-state index is 12.5. The molecule has 1 aromatic carbocycles. The summed E-state index contributed by atoms with van der Waals surface area (Å²) in [6.07, 6.45) is 1.02. The van der Waals surface area contributed by atoms with Crippen molar-refractivity contribution < 1.29 is 4.79 Å². The van der Waals surface area contributed by atoms with Gasteiger partial charge in [0.25, 0.3) is 5.91 Å². The zero-order chi connectivity index (χ0) is 14.9. The molecule has 2 rings (SSSR count). The maximum atomic E-state index is 12.5. The minimum atomic E-state index is -0.0400. The number of piperazine rings is 1. The highest BCUT2D eigenvalue weighted by Gasteiger charge is 2.27. The zero-order valence-electron chi connectivity index (χ0n) is 11.7. The van der Waals surface area contributed by atoms with Gasteiger partial charge in [0.05, 0.1) is 15.7 Å². The number of nitrogen functional groups attached to an aromatic ring is 1. The normalized spacial score (nSPS) is 20.2. The summed E-state index contributed by atoms with van der Waals surface area (Å²) in [6.45, 7) is 4.45. The molecule has 1 aromatic rings. The first-order valence-electron chi connectivity index (χ1n) is 6.68. The monoisotopic (exact) mass is 315 g/mol. The Morgan fingerprint density at radius 2 is 2.10 bits per heavy atom.